The first-order valence-electron chi connectivity index (χ1n) is 6.88. The van der Waals surface area contributed by atoms with Crippen molar-refractivity contribution in [1.29, 1.82) is 0 Å². The third-order valence-electron chi connectivity index (χ3n) is 3.19. The van der Waals surface area contributed by atoms with E-state index in [0.717, 1.165) is 0 Å². The van der Waals surface area contributed by atoms with Crippen LogP contribution in [-0.4, -0.2) is 16.5 Å². The van der Waals surface area contributed by atoms with Crippen LogP contribution in [0, 0.1) is 15.9 Å². The summed E-state index contributed by atoms with van der Waals surface area (Å²) in [5.74, 6) is -0.762. The summed E-state index contributed by atoms with van der Waals surface area (Å²) in [7, 11) is 0. The normalized spacial score (nSPS) is 11.2. The van der Waals surface area contributed by atoms with Crippen molar-refractivity contribution < 1.29 is 14.1 Å². The number of nitro groups is 1. The summed E-state index contributed by atoms with van der Waals surface area (Å²) >= 11 is 5.75. The Morgan fingerprint density at radius 2 is 1.96 bits per heavy atom. The van der Waals surface area contributed by atoms with Gasteiger partial charge < -0.3 is 0 Å². The van der Waals surface area contributed by atoms with Crippen LogP contribution >= 0.6 is 11.6 Å². The number of nitrogens with one attached hydrogen (secondary N) is 1. The number of carbonyl (C=O) groups excluding carboxylic acids is 1. The molecular formula is C16H13ClFN3O3. The molecule has 0 atom stereocenters. The molecule has 0 spiro atoms. The minimum Gasteiger partial charge on any atom is -0.273 e. The van der Waals surface area contributed by atoms with E-state index in [2.05, 4.69) is 10.5 Å². The van der Waals surface area contributed by atoms with Gasteiger partial charge in [-0.2, -0.15) is 5.10 Å². The number of nitrogens with zero attached hydrogens (tertiary/aromatic N) is 2. The Bertz CT molecular complexity index is 807. The van der Waals surface area contributed by atoms with Crippen molar-refractivity contribution in [3.8, 4) is 0 Å². The molecule has 6 nitrogen and oxygen atoms in total. The molecule has 0 heterocycles. The highest BCUT2D eigenvalue weighted by Crippen LogP contribution is 2.25. The zero-order chi connectivity index (χ0) is 17.7. The van der Waals surface area contributed by atoms with Crippen molar-refractivity contribution >= 4 is 28.9 Å². The molecule has 0 saturated carbocycles. The summed E-state index contributed by atoms with van der Waals surface area (Å²) in [5, 5.41) is 14.8. The van der Waals surface area contributed by atoms with Crippen LogP contribution in [0.4, 0.5) is 10.1 Å². The van der Waals surface area contributed by atoms with Crippen molar-refractivity contribution in [3.63, 3.8) is 0 Å². The van der Waals surface area contributed by atoms with E-state index in [1.807, 2.05) is 0 Å². The van der Waals surface area contributed by atoms with Crippen LogP contribution in [0.1, 0.15) is 18.1 Å². The van der Waals surface area contributed by atoms with Gasteiger partial charge in [-0.3, -0.25) is 14.9 Å². The number of hydrogen-bond donors (Lipinski definition) is 1. The van der Waals surface area contributed by atoms with Gasteiger partial charge in [0.2, 0.25) is 5.91 Å². The fourth-order valence-electron chi connectivity index (χ4n) is 1.92. The van der Waals surface area contributed by atoms with Crippen LogP contribution in [0.15, 0.2) is 47.6 Å². The van der Waals surface area contributed by atoms with Crippen LogP contribution in [0.3, 0.4) is 0 Å². The van der Waals surface area contributed by atoms with Gasteiger partial charge in [-0.1, -0.05) is 29.8 Å². The van der Waals surface area contributed by atoms with E-state index in [1.54, 1.807) is 13.0 Å². The zero-order valence-electron chi connectivity index (χ0n) is 12.6. The van der Waals surface area contributed by atoms with E-state index in [-0.39, 0.29) is 28.9 Å². The molecular weight excluding hydrogens is 337 g/mol. The van der Waals surface area contributed by atoms with E-state index in [4.69, 9.17) is 11.6 Å². The Hall–Kier alpha value is -2.80. The van der Waals surface area contributed by atoms with Crippen molar-refractivity contribution in [3.05, 3.63) is 74.5 Å². The monoisotopic (exact) mass is 349 g/mol. The van der Waals surface area contributed by atoms with Gasteiger partial charge in [-0.05, 0) is 30.7 Å². The van der Waals surface area contributed by atoms with E-state index < -0.39 is 4.92 Å². The van der Waals surface area contributed by atoms with Crippen LogP contribution in [0.5, 0.6) is 0 Å². The number of halogens is 2. The number of amides is 1. The number of hydrazone groups is 1. The highest BCUT2D eigenvalue weighted by atomic mass is 35.5. The van der Waals surface area contributed by atoms with Gasteiger partial charge in [-0.15, -0.1) is 0 Å². The molecule has 2 aromatic rings. The van der Waals surface area contributed by atoms with Gasteiger partial charge in [0, 0.05) is 11.6 Å². The third kappa shape index (κ3) is 4.60. The van der Waals surface area contributed by atoms with Crippen LogP contribution in [0.2, 0.25) is 5.02 Å². The molecule has 0 aliphatic heterocycles. The molecule has 0 unspecified atom stereocenters. The predicted molar refractivity (Wildman–Crippen MR) is 88.6 cm³/mol. The maximum absolute atomic E-state index is 12.8. The third-order valence-corrected chi connectivity index (χ3v) is 3.51. The van der Waals surface area contributed by atoms with Crippen LogP contribution < -0.4 is 5.43 Å². The molecule has 0 radical (unpaired) electrons. The summed E-state index contributed by atoms with van der Waals surface area (Å²) in [6.07, 6.45) is 0.0395. The second kappa shape index (κ2) is 7.65. The topological polar surface area (TPSA) is 84.6 Å². The lowest BCUT2D eigenvalue weighted by Crippen LogP contribution is -2.21. The van der Waals surface area contributed by atoms with Crippen molar-refractivity contribution in [2.45, 2.75) is 13.3 Å². The summed E-state index contributed by atoms with van der Waals surface area (Å²) in [4.78, 5) is 22.1. The fraction of sp³-hybridized carbons (Fsp3) is 0.125. The van der Waals surface area contributed by atoms with Gasteiger partial charge in [0.05, 0.1) is 17.1 Å². The van der Waals surface area contributed by atoms with E-state index in [9.17, 15) is 19.3 Å². The SMILES string of the molecule is C/C(=N/NC(=O)Cc1ccc(F)cc1)c1ccc(Cl)c([N+](=O)[O-])c1. The van der Waals surface area contributed by atoms with Gasteiger partial charge in [0.15, 0.2) is 0 Å². The molecule has 0 aliphatic carbocycles. The number of hydrogen-bond acceptors (Lipinski definition) is 4. The molecule has 1 amide bonds. The summed E-state index contributed by atoms with van der Waals surface area (Å²) in [5.41, 5.74) is 3.62. The second-order valence-electron chi connectivity index (χ2n) is 4.96. The van der Waals surface area contributed by atoms with E-state index in [1.165, 1.54) is 36.4 Å². The van der Waals surface area contributed by atoms with Crippen molar-refractivity contribution in [2.24, 2.45) is 5.10 Å². The lowest BCUT2D eigenvalue weighted by molar-refractivity contribution is -0.384. The van der Waals surface area contributed by atoms with Gasteiger partial charge in [-0.25, -0.2) is 9.82 Å². The molecule has 124 valence electrons. The van der Waals surface area contributed by atoms with E-state index in [0.29, 0.717) is 16.8 Å². The van der Waals surface area contributed by atoms with Gasteiger partial charge >= 0.3 is 0 Å². The summed E-state index contributed by atoms with van der Waals surface area (Å²) in [6.45, 7) is 1.60. The highest BCUT2D eigenvalue weighted by molar-refractivity contribution is 6.32. The average Bonchev–Trinajstić information content (AvgIpc) is 2.55. The molecule has 1 N–H and O–H groups in total. The number of carbonyl (C=O) groups is 1. The highest BCUT2D eigenvalue weighted by Gasteiger charge is 2.14. The van der Waals surface area contributed by atoms with Crippen LogP contribution in [-0.2, 0) is 11.2 Å². The molecule has 2 rings (SSSR count). The predicted octanol–water partition coefficient (Wildman–Crippen LogP) is 3.47. The van der Waals surface area contributed by atoms with Crippen LogP contribution in [0.25, 0.3) is 0 Å². The first kappa shape index (κ1) is 17.6. The Kier molecular flexibility index (Phi) is 5.59. The van der Waals surface area contributed by atoms with Gasteiger partial charge in [0.1, 0.15) is 10.8 Å². The number of nitro benzene ring substituents is 1. The molecule has 0 aromatic heterocycles. The molecule has 0 bridgehead atoms. The maximum atomic E-state index is 12.8. The standard InChI is InChI=1S/C16H13ClFN3O3/c1-10(12-4-7-14(17)15(9-12)21(23)24)19-20-16(22)8-11-2-5-13(18)6-3-11/h2-7,9H,8H2,1H3,(H,20,22)/b19-10-. The molecule has 0 aliphatic rings. The number of rotatable bonds is 5. The van der Waals surface area contributed by atoms with Crippen molar-refractivity contribution in [2.75, 3.05) is 0 Å². The van der Waals surface area contributed by atoms with E-state index >= 15 is 0 Å². The molecule has 24 heavy (non-hydrogen) atoms. The summed E-state index contributed by atoms with van der Waals surface area (Å²) < 4.78 is 12.8. The Balaban J connectivity index is 2.05. The molecule has 0 fully saturated rings. The average molecular weight is 350 g/mol. The van der Waals surface area contributed by atoms with Crippen molar-refractivity contribution in [1.82, 2.24) is 5.43 Å². The first-order valence-corrected chi connectivity index (χ1v) is 7.26. The minimum atomic E-state index is -0.591. The fourth-order valence-corrected chi connectivity index (χ4v) is 2.10. The Morgan fingerprint density at radius 1 is 1.29 bits per heavy atom. The Morgan fingerprint density at radius 3 is 2.58 bits per heavy atom. The second-order valence-corrected chi connectivity index (χ2v) is 5.37. The lowest BCUT2D eigenvalue weighted by Gasteiger charge is -2.04. The smallest absolute Gasteiger partial charge is 0.273 e. The lowest BCUT2D eigenvalue weighted by atomic mass is 10.1. The molecule has 0 saturated heterocycles. The van der Waals surface area contributed by atoms with Gasteiger partial charge in [0.25, 0.3) is 5.69 Å². The minimum absolute atomic E-state index is 0.0249. The quantitative estimate of drug-likeness (QED) is 0.509. The zero-order valence-corrected chi connectivity index (χ0v) is 13.4. The molecule has 8 heteroatoms. The summed E-state index contributed by atoms with van der Waals surface area (Å²) in [6, 6.07) is 9.80. The maximum Gasteiger partial charge on any atom is 0.288 e. The Labute approximate surface area is 142 Å². The number of benzene rings is 2. The first-order chi connectivity index (χ1) is 11.4. The largest absolute Gasteiger partial charge is 0.288 e. The molecule has 2 aromatic carbocycles.